The fourth-order valence-electron chi connectivity index (χ4n) is 2.16. The second-order valence-corrected chi connectivity index (χ2v) is 5.72. The molecule has 1 aliphatic rings. The van der Waals surface area contributed by atoms with Gasteiger partial charge in [-0.2, -0.15) is 11.8 Å². The minimum absolute atomic E-state index is 0.0702. The Morgan fingerprint density at radius 2 is 2.29 bits per heavy atom. The largest absolute Gasteiger partial charge is 0.464 e. The molecule has 0 saturated carbocycles. The number of nitrogen functional groups attached to an aromatic ring is 1. The van der Waals surface area contributed by atoms with E-state index in [-0.39, 0.29) is 23.8 Å². The van der Waals surface area contributed by atoms with Gasteiger partial charge in [0.1, 0.15) is 11.9 Å². The number of amides is 1. The molecule has 7 heteroatoms. The van der Waals surface area contributed by atoms with Crippen LogP contribution < -0.4 is 5.73 Å². The number of thioether (sulfide) groups is 1. The van der Waals surface area contributed by atoms with Gasteiger partial charge in [0.05, 0.1) is 12.2 Å². The molecule has 1 saturated heterocycles. The van der Waals surface area contributed by atoms with Crippen LogP contribution in [0.2, 0.25) is 0 Å². The van der Waals surface area contributed by atoms with E-state index in [0.717, 1.165) is 11.8 Å². The molecular formula is C14H17FN2O3S. The third kappa shape index (κ3) is 3.47. The van der Waals surface area contributed by atoms with Crippen molar-refractivity contribution in [1.29, 1.82) is 0 Å². The number of ether oxygens (including phenoxy) is 1. The van der Waals surface area contributed by atoms with Crippen LogP contribution in [-0.2, 0) is 9.53 Å². The van der Waals surface area contributed by atoms with Crippen molar-refractivity contribution in [2.75, 3.05) is 30.4 Å². The molecule has 0 bridgehead atoms. The van der Waals surface area contributed by atoms with Crippen molar-refractivity contribution in [3.05, 3.63) is 29.6 Å². The van der Waals surface area contributed by atoms with E-state index in [1.807, 2.05) is 0 Å². The number of anilines is 1. The lowest BCUT2D eigenvalue weighted by Gasteiger charge is -2.33. The smallest absolute Gasteiger partial charge is 0.329 e. The first-order chi connectivity index (χ1) is 10.0. The minimum atomic E-state index is -0.624. The van der Waals surface area contributed by atoms with E-state index in [4.69, 9.17) is 10.5 Å². The summed E-state index contributed by atoms with van der Waals surface area (Å²) >= 11 is 1.59. The molecule has 2 rings (SSSR count). The molecule has 0 aromatic heterocycles. The monoisotopic (exact) mass is 312 g/mol. The van der Waals surface area contributed by atoms with Gasteiger partial charge in [-0.1, -0.05) is 0 Å². The number of esters is 1. The van der Waals surface area contributed by atoms with Crippen molar-refractivity contribution in [3.63, 3.8) is 0 Å². The summed E-state index contributed by atoms with van der Waals surface area (Å²) in [5.74, 6) is -0.0567. The summed E-state index contributed by atoms with van der Waals surface area (Å²) in [7, 11) is 0. The highest BCUT2D eigenvalue weighted by molar-refractivity contribution is 7.99. The van der Waals surface area contributed by atoms with Crippen LogP contribution in [0.15, 0.2) is 18.2 Å². The molecule has 114 valence electrons. The second-order valence-electron chi connectivity index (χ2n) is 4.57. The number of rotatable bonds is 3. The molecule has 1 fully saturated rings. The van der Waals surface area contributed by atoms with Gasteiger partial charge in [-0.25, -0.2) is 9.18 Å². The third-order valence-electron chi connectivity index (χ3n) is 3.19. The average molecular weight is 312 g/mol. The molecule has 1 aliphatic heterocycles. The Kier molecular flexibility index (Phi) is 5.06. The zero-order valence-corrected chi connectivity index (χ0v) is 12.5. The Bertz CT molecular complexity index is 553. The quantitative estimate of drug-likeness (QED) is 0.677. The fraction of sp³-hybridized carbons (Fsp3) is 0.429. The van der Waals surface area contributed by atoms with E-state index in [1.165, 1.54) is 17.0 Å². The fourth-order valence-corrected chi connectivity index (χ4v) is 3.20. The van der Waals surface area contributed by atoms with Crippen molar-refractivity contribution in [1.82, 2.24) is 4.90 Å². The molecule has 1 amide bonds. The first-order valence-corrected chi connectivity index (χ1v) is 7.80. The molecule has 0 aliphatic carbocycles. The maximum Gasteiger partial charge on any atom is 0.329 e. The topological polar surface area (TPSA) is 72.6 Å². The zero-order valence-electron chi connectivity index (χ0n) is 11.7. The van der Waals surface area contributed by atoms with Crippen molar-refractivity contribution in [3.8, 4) is 0 Å². The van der Waals surface area contributed by atoms with Gasteiger partial charge >= 0.3 is 5.97 Å². The summed E-state index contributed by atoms with van der Waals surface area (Å²) < 4.78 is 18.1. The van der Waals surface area contributed by atoms with E-state index in [2.05, 4.69) is 0 Å². The zero-order chi connectivity index (χ0) is 15.4. The summed E-state index contributed by atoms with van der Waals surface area (Å²) in [6.45, 7) is 2.42. The lowest BCUT2D eigenvalue weighted by Crippen LogP contribution is -2.51. The normalized spacial score (nSPS) is 18.4. The van der Waals surface area contributed by atoms with Crippen LogP contribution in [0, 0.1) is 5.82 Å². The Balaban J connectivity index is 2.24. The highest BCUT2D eigenvalue weighted by Crippen LogP contribution is 2.23. The lowest BCUT2D eigenvalue weighted by atomic mass is 10.1. The predicted molar refractivity (Wildman–Crippen MR) is 79.6 cm³/mol. The van der Waals surface area contributed by atoms with Crippen molar-refractivity contribution in [2.24, 2.45) is 0 Å². The summed E-state index contributed by atoms with van der Waals surface area (Å²) in [5.41, 5.74) is 5.98. The summed E-state index contributed by atoms with van der Waals surface area (Å²) in [4.78, 5) is 26.0. The van der Waals surface area contributed by atoms with Crippen LogP contribution in [0.3, 0.4) is 0 Å². The Morgan fingerprint density at radius 3 is 2.95 bits per heavy atom. The Hall–Kier alpha value is -1.76. The molecule has 1 aromatic rings. The Labute approximate surface area is 126 Å². The van der Waals surface area contributed by atoms with Gasteiger partial charge in [0.15, 0.2) is 0 Å². The van der Waals surface area contributed by atoms with Gasteiger partial charge in [-0.3, -0.25) is 4.79 Å². The number of halogens is 1. The molecule has 5 nitrogen and oxygen atoms in total. The molecule has 1 atom stereocenters. The van der Waals surface area contributed by atoms with Crippen molar-refractivity contribution >= 4 is 29.3 Å². The Morgan fingerprint density at radius 1 is 1.52 bits per heavy atom. The SMILES string of the molecule is CCOC(=O)C1CSCCN1C(=O)c1ccc(F)cc1N. The van der Waals surface area contributed by atoms with Crippen LogP contribution in [0.25, 0.3) is 0 Å². The molecule has 1 aromatic carbocycles. The molecule has 21 heavy (non-hydrogen) atoms. The van der Waals surface area contributed by atoms with E-state index in [0.29, 0.717) is 12.3 Å². The van der Waals surface area contributed by atoms with Gasteiger partial charge in [0.25, 0.3) is 5.91 Å². The number of hydrogen-bond acceptors (Lipinski definition) is 5. The molecule has 1 heterocycles. The van der Waals surface area contributed by atoms with Crippen LogP contribution in [0.1, 0.15) is 17.3 Å². The van der Waals surface area contributed by atoms with E-state index in [9.17, 15) is 14.0 Å². The number of benzene rings is 1. The molecule has 1 unspecified atom stereocenters. The summed E-state index contributed by atoms with van der Waals surface area (Å²) in [5, 5.41) is 0. The van der Waals surface area contributed by atoms with Crippen LogP contribution in [0.5, 0.6) is 0 Å². The maximum absolute atomic E-state index is 13.1. The highest BCUT2D eigenvalue weighted by Gasteiger charge is 2.34. The minimum Gasteiger partial charge on any atom is -0.464 e. The second kappa shape index (κ2) is 6.80. The van der Waals surface area contributed by atoms with Crippen molar-refractivity contribution < 1.29 is 18.7 Å². The first kappa shape index (κ1) is 15.6. The average Bonchev–Trinajstić information content (AvgIpc) is 2.47. The van der Waals surface area contributed by atoms with Gasteiger partial charge in [0.2, 0.25) is 0 Å². The molecule has 0 radical (unpaired) electrons. The summed E-state index contributed by atoms with van der Waals surface area (Å²) in [6.07, 6.45) is 0. The standard InChI is InChI=1S/C14H17FN2O3S/c1-2-20-14(19)12-8-21-6-5-17(12)13(18)10-4-3-9(15)7-11(10)16/h3-4,7,12H,2,5-6,8,16H2,1H3. The van der Waals surface area contributed by atoms with E-state index >= 15 is 0 Å². The number of hydrogen-bond donors (Lipinski definition) is 1. The highest BCUT2D eigenvalue weighted by atomic mass is 32.2. The van der Waals surface area contributed by atoms with Crippen LogP contribution >= 0.6 is 11.8 Å². The number of nitrogens with zero attached hydrogens (tertiary/aromatic N) is 1. The van der Waals surface area contributed by atoms with Gasteiger partial charge in [-0.05, 0) is 25.1 Å². The maximum atomic E-state index is 13.1. The number of carbonyl (C=O) groups is 2. The van der Waals surface area contributed by atoms with Gasteiger partial charge in [-0.15, -0.1) is 0 Å². The lowest BCUT2D eigenvalue weighted by molar-refractivity contribution is -0.147. The van der Waals surface area contributed by atoms with Crippen molar-refractivity contribution in [2.45, 2.75) is 13.0 Å². The molecule has 0 spiro atoms. The summed E-state index contributed by atoms with van der Waals surface area (Å²) in [6, 6.07) is 3.00. The van der Waals surface area contributed by atoms with E-state index in [1.54, 1.807) is 18.7 Å². The van der Waals surface area contributed by atoms with Gasteiger partial charge < -0.3 is 15.4 Å². The van der Waals surface area contributed by atoms with E-state index < -0.39 is 17.8 Å². The number of carbonyl (C=O) groups excluding carboxylic acids is 2. The predicted octanol–water partition coefficient (Wildman–Crippen LogP) is 1.53. The van der Waals surface area contributed by atoms with Crippen LogP contribution in [-0.4, -0.2) is 47.5 Å². The molecular weight excluding hydrogens is 295 g/mol. The van der Waals surface area contributed by atoms with Crippen LogP contribution in [0.4, 0.5) is 10.1 Å². The molecule has 2 N–H and O–H groups in total. The van der Waals surface area contributed by atoms with Gasteiger partial charge in [0, 0.05) is 23.7 Å². The number of nitrogens with two attached hydrogens (primary N) is 1. The first-order valence-electron chi connectivity index (χ1n) is 6.65. The third-order valence-corrected chi connectivity index (χ3v) is 4.21.